The number of fused-ring (bicyclic) bond motifs is 1. The average molecular weight is 271 g/mol. The fourth-order valence-corrected chi connectivity index (χ4v) is 3.30. The second-order valence-corrected chi connectivity index (χ2v) is 5.63. The molecule has 2 N–H and O–H groups in total. The van der Waals surface area contributed by atoms with Crippen LogP contribution in [-0.4, -0.2) is 11.4 Å². The molecule has 0 spiro atoms. The molecule has 19 heavy (non-hydrogen) atoms. The summed E-state index contributed by atoms with van der Waals surface area (Å²) < 4.78 is 0. The summed E-state index contributed by atoms with van der Waals surface area (Å²) in [6.45, 7) is 0. The van der Waals surface area contributed by atoms with Crippen molar-refractivity contribution in [3.63, 3.8) is 0 Å². The summed E-state index contributed by atoms with van der Waals surface area (Å²) >= 11 is 1.75. The maximum Gasteiger partial charge on any atom is 0.119 e. The first-order valence-electron chi connectivity index (χ1n) is 6.50. The van der Waals surface area contributed by atoms with Crippen LogP contribution < -0.4 is 5.32 Å². The van der Waals surface area contributed by atoms with E-state index in [4.69, 9.17) is 0 Å². The average Bonchev–Trinajstić information content (AvgIpc) is 2.84. The van der Waals surface area contributed by atoms with Gasteiger partial charge in [-0.25, -0.2) is 0 Å². The Bertz CT molecular complexity index is 597. The Morgan fingerprint density at radius 2 is 2.00 bits per heavy atom. The third kappa shape index (κ3) is 2.30. The molecule has 0 aliphatic heterocycles. The van der Waals surface area contributed by atoms with E-state index < -0.39 is 0 Å². The lowest BCUT2D eigenvalue weighted by molar-refractivity contribution is 0.469. The number of phenolic OH excluding ortho intramolecular Hbond substituents is 1. The van der Waals surface area contributed by atoms with Crippen LogP contribution in [-0.2, 0) is 6.42 Å². The van der Waals surface area contributed by atoms with Gasteiger partial charge in [-0.2, -0.15) is 0 Å². The number of phenols is 1. The third-order valence-electron chi connectivity index (χ3n) is 3.68. The zero-order valence-electron chi connectivity index (χ0n) is 10.9. The van der Waals surface area contributed by atoms with E-state index in [-0.39, 0.29) is 0 Å². The summed E-state index contributed by atoms with van der Waals surface area (Å²) in [6.07, 6.45) is 4.08. The molecule has 0 saturated heterocycles. The van der Waals surface area contributed by atoms with E-state index >= 15 is 0 Å². The van der Waals surface area contributed by atoms with Crippen molar-refractivity contribution in [3.05, 3.63) is 53.6 Å². The molecule has 0 saturated carbocycles. The van der Waals surface area contributed by atoms with Crippen LogP contribution in [0, 0.1) is 0 Å². The summed E-state index contributed by atoms with van der Waals surface area (Å²) in [6, 6.07) is 14.5. The largest absolute Gasteiger partial charge is 0.508 e. The lowest BCUT2D eigenvalue weighted by Gasteiger charge is -2.17. The second-order valence-electron chi connectivity index (χ2n) is 4.78. The molecule has 0 amide bonds. The van der Waals surface area contributed by atoms with Gasteiger partial charge in [-0.1, -0.05) is 24.3 Å². The van der Waals surface area contributed by atoms with Crippen LogP contribution in [0.2, 0.25) is 0 Å². The lowest BCUT2D eigenvalue weighted by atomic mass is 10.1. The van der Waals surface area contributed by atoms with E-state index in [1.165, 1.54) is 16.1 Å². The smallest absolute Gasteiger partial charge is 0.119 e. The Morgan fingerprint density at radius 1 is 1.16 bits per heavy atom. The molecule has 3 heteroatoms. The van der Waals surface area contributed by atoms with Gasteiger partial charge in [0.05, 0.1) is 6.04 Å². The lowest BCUT2D eigenvalue weighted by Crippen LogP contribution is -2.07. The van der Waals surface area contributed by atoms with Crippen molar-refractivity contribution < 1.29 is 5.11 Å². The Morgan fingerprint density at radius 3 is 2.84 bits per heavy atom. The number of rotatable bonds is 3. The van der Waals surface area contributed by atoms with Crippen LogP contribution in [0.15, 0.2) is 47.4 Å². The Balaban J connectivity index is 1.89. The fourth-order valence-electron chi connectivity index (χ4n) is 2.74. The summed E-state index contributed by atoms with van der Waals surface area (Å²) in [7, 11) is 0. The quantitative estimate of drug-likeness (QED) is 0.820. The van der Waals surface area contributed by atoms with Crippen LogP contribution in [0.25, 0.3) is 0 Å². The van der Waals surface area contributed by atoms with E-state index in [0.717, 1.165) is 18.4 Å². The zero-order chi connectivity index (χ0) is 13.2. The number of nitrogens with one attached hydrogen (secondary N) is 1. The molecule has 2 aromatic carbocycles. The molecule has 0 aromatic heterocycles. The summed E-state index contributed by atoms with van der Waals surface area (Å²) in [5, 5.41) is 13.5. The van der Waals surface area contributed by atoms with Gasteiger partial charge in [0, 0.05) is 10.6 Å². The van der Waals surface area contributed by atoms with Crippen LogP contribution in [0.1, 0.15) is 23.6 Å². The molecule has 1 unspecified atom stereocenters. The van der Waals surface area contributed by atoms with Gasteiger partial charge >= 0.3 is 0 Å². The van der Waals surface area contributed by atoms with Gasteiger partial charge in [-0.05, 0) is 48.4 Å². The first kappa shape index (κ1) is 12.4. The predicted molar refractivity (Wildman–Crippen MR) is 81.0 cm³/mol. The summed E-state index contributed by atoms with van der Waals surface area (Å²) in [5.74, 6) is 0.431. The van der Waals surface area contributed by atoms with E-state index in [9.17, 15) is 5.11 Å². The van der Waals surface area contributed by atoms with Gasteiger partial charge in [-0.15, -0.1) is 11.8 Å². The molecular formula is C16H17NOS. The monoisotopic (exact) mass is 271 g/mol. The second kappa shape index (κ2) is 5.17. The predicted octanol–water partition coefficient (Wildman–Crippen LogP) is 4.21. The number of anilines is 1. The van der Waals surface area contributed by atoms with Crippen LogP contribution in [0.4, 0.5) is 5.69 Å². The number of aromatic hydroxyl groups is 1. The highest BCUT2D eigenvalue weighted by atomic mass is 32.2. The molecule has 0 radical (unpaired) electrons. The minimum absolute atomic E-state index is 0.301. The Kier molecular flexibility index (Phi) is 3.38. The maximum atomic E-state index is 9.88. The van der Waals surface area contributed by atoms with Gasteiger partial charge in [-0.3, -0.25) is 0 Å². The molecule has 1 atom stereocenters. The SMILES string of the molecule is CSc1ccccc1NC1CCc2c(O)cccc21. The highest BCUT2D eigenvalue weighted by molar-refractivity contribution is 7.98. The van der Waals surface area contributed by atoms with Gasteiger partial charge in [0.1, 0.15) is 5.75 Å². The number of thioether (sulfide) groups is 1. The molecule has 0 heterocycles. The van der Waals surface area contributed by atoms with Crippen LogP contribution in [0.5, 0.6) is 5.75 Å². The standard InChI is InChI=1S/C16H17NOS/c1-19-16-8-3-2-6-14(16)17-13-10-9-12-11(13)5-4-7-15(12)18/h2-8,13,17-18H,9-10H2,1H3. The number of hydrogen-bond donors (Lipinski definition) is 2. The van der Waals surface area contributed by atoms with E-state index in [2.05, 4.69) is 41.9 Å². The van der Waals surface area contributed by atoms with Crippen molar-refractivity contribution in [1.82, 2.24) is 0 Å². The zero-order valence-corrected chi connectivity index (χ0v) is 11.7. The van der Waals surface area contributed by atoms with E-state index in [1.807, 2.05) is 6.07 Å². The third-order valence-corrected chi connectivity index (χ3v) is 4.48. The maximum absolute atomic E-state index is 9.88. The molecule has 98 valence electrons. The van der Waals surface area contributed by atoms with Gasteiger partial charge in [0.15, 0.2) is 0 Å². The molecule has 0 fully saturated rings. The topological polar surface area (TPSA) is 32.3 Å². The normalized spacial score (nSPS) is 17.2. The number of para-hydroxylation sites is 1. The summed E-state index contributed by atoms with van der Waals surface area (Å²) in [4.78, 5) is 1.26. The van der Waals surface area contributed by atoms with Crippen LogP contribution in [0.3, 0.4) is 0 Å². The summed E-state index contributed by atoms with van der Waals surface area (Å²) in [5.41, 5.74) is 3.51. The van der Waals surface area contributed by atoms with Crippen molar-refractivity contribution in [3.8, 4) is 5.75 Å². The van der Waals surface area contributed by atoms with Gasteiger partial charge in [0.2, 0.25) is 0 Å². The molecule has 2 aromatic rings. The number of benzene rings is 2. The van der Waals surface area contributed by atoms with Crippen molar-refractivity contribution in [2.24, 2.45) is 0 Å². The minimum atomic E-state index is 0.301. The first-order valence-corrected chi connectivity index (χ1v) is 7.72. The van der Waals surface area contributed by atoms with E-state index in [1.54, 1.807) is 17.8 Å². The molecule has 0 bridgehead atoms. The van der Waals surface area contributed by atoms with Crippen molar-refractivity contribution in [1.29, 1.82) is 0 Å². The van der Waals surface area contributed by atoms with Gasteiger partial charge in [0.25, 0.3) is 0 Å². The Hall–Kier alpha value is -1.61. The molecule has 2 nitrogen and oxygen atoms in total. The highest BCUT2D eigenvalue weighted by Crippen LogP contribution is 2.39. The van der Waals surface area contributed by atoms with Crippen molar-refractivity contribution in [2.45, 2.75) is 23.8 Å². The fraction of sp³-hybridized carbons (Fsp3) is 0.250. The molecule has 1 aliphatic rings. The first-order chi connectivity index (χ1) is 9.29. The van der Waals surface area contributed by atoms with E-state index in [0.29, 0.717) is 11.8 Å². The van der Waals surface area contributed by atoms with Crippen LogP contribution >= 0.6 is 11.8 Å². The van der Waals surface area contributed by atoms with Gasteiger partial charge < -0.3 is 10.4 Å². The molecular weight excluding hydrogens is 254 g/mol. The molecule has 3 rings (SSSR count). The van der Waals surface area contributed by atoms with Crippen molar-refractivity contribution >= 4 is 17.4 Å². The van der Waals surface area contributed by atoms with Crippen molar-refractivity contribution in [2.75, 3.05) is 11.6 Å². The molecule has 1 aliphatic carbocycles. The Labute approximate surface area is 117 Å². The minimum Gasteiger partial charge on any atom is -0.508 e. The highest BCUT2D eigenvalue weighted by Gasteiger charge is 2.24. The number of hydrogen-bond acceptors (Lipinski definition) is 3.